The molecule has 32 heavy (non-hydrogen) atoms. The van der Waals surface area contributed by atoms with Crippen LogP contribution in [0.4, 0.5) is 0 Å². The van der Waals surface area contributed by atoms with E-state index in [9.17, 15) is 9.90 Å². The van der Waals surface area contributed by atoms with E-state index in [1.807, 2.05) is 18.2 Å². The number of aromatic hydroxyl groups is 1. The maximum absolute atomic E-state index is 12.2. The van der Waals surface area contributed by atoms with Crippen molar-refractivity contribution in [2.75, 3.05) is 40.5 Å². The fourth-order valence-corrected chi connectivity index (χ4v) is 3.13. The summed E-state index contributed by atoms with van der Waals surface area (Å²) in [6, 6.07) is 10.5. The molecule has 0 radical (unpaired) electrons. The maximum Gasteiger partial charge on any atom is 0.178 e. The largest absolute Gasteiger partial charge is 0.504 e. The normalized spacial score (nSPS) is 11.4. The standard InChI is InChI=1S/C26H33NO5/c1-5-27(6-2)16-7-17-32-24-15-11-21(19-26(24)31-4)9-13-22(28)12-8-20-10-14-23(29)25(18-20)30-3/h8-15,18-19,29H,5-7,16-17H2,1-4H3/b12-8+,13-9+. The van der Waals surface area contributed by atoms with Crippen LogP contribution < -0.4 is 14.2 Å². The van der Waals surface area contributed by atoms with Crippen molar-refractivity contribution in [1.29, 1.82) is 0 Å². The molecule has 0 heterocycles. The lowest BCUT2D eigenvalue weighted by Crippen LogP contribution is -2.25. The zero-order valence-electron chi connectivity index (χ0n) is 19.3. The van der Waals surface area contributed by atoms with Crippen molar-refractivity contribution in [3.8, 4) is 23.0 Å². The molecule has 6 heteroatoms. The monoisotopic (exact) mass is 439 g/mol. The highest BCUT2D eigenvalue weighted by Gasteiger charge is 2.06. The first kappa shape index (κ1) is 25.0. The van der Waals surface area contributed by atoms with Crippen molar-refractivity contribution in [1.82, 2.24) is 4.90 Å². The molecule has 0 amide bonds. The molecule has 2 rings (SSSR count). The van der Waals surface area contributed by atoms with Crippen LogP contribution >= 0.6 is 0 Å². The van der Waals surface area contributed by atoms with Gasteiger partial charge in [0.15, 0.2) is 28.8 Å². The van der Waals surface area contributed by atoms with E-state index in [4.69, 9.17) is 14.2 Å². The minimum atomic E-state index is -0.160. The summed E-state index contributed by atoms with van der Waals surface area (Å²) >= 11 is 0. The van der Waals surface area contributed by atoms with Gasteiger partial charge in [-0.1, -0.05) is 38.1 Å². The number of carbonyl (C=O) groups is 1. The first-order chi connectivity index (χ1) is 15.5. The van der Waals surface area contributed by atoms with Gasteiger partial charge in [0.1, 0.15) is 0 Å². The Hall–Kier alpha value is -3.25. The van der Waals surface area contributed by atoms with E-state index in [0.29, 0.717) is 23.9 Å². The molecule has 0 bridgehead atoms. The summed E-state index contributed by atoms with van der Waals surface area (Å²) in [5.74, 6) is 1.58. The average molecular weight is 440 g/mol. The Morgan fingerprint density at radius 2 is 1.50 bits per heavy atom. The number of hydrogen-bond acceptors (Lipinski definition) is 6. The molecule has 2 aromatic carbocycles. The molecule has 6 nitrogen and oxygen atoms in total. The van der Waals surface area contributed by atoms with E-state index < -0.39 is 0 Å². The number of methoxy groups -OCH3 is 2. The Balaban J connectivity index is 1.94. The van der Waals surface area contributed by atoms with Gasteiger partial charge in [-0.2, -0.15) is 0 Å². The molecule has 0 atom stereocenters. The van der Waals surface area contributed by atoms with Crippen LogP contribution in [0.3, 0.4) is 0 Å². The van der Waals surface area contributed by atoms with Crippen LogP contribution in [-0.2, 0) is 4.79 Å². The summed E-state index contributed by atoms with van der Waals surface area (Å²) < 4.78 is 16.4. The number of allylic oxidation sites excluding steroid dienone is 2. The zero-order valence-corrected chi connectivity index (χ0v) is 19.3. The highest BCUT2D eigenvalue weighted by Crippen LogP contribution is 2.29. The third-order valence-corrected chi connectivity index (χ3v) is 5.04. The Labute approximate surface area is 190 Å². The molecule has 0 aliphatic rings. The highest BCUT2D eigenvalue weighted by atomic mass is 16.5. The van der Waals surface area contributed by atoms with E-state index >= 15 is 0 Å². The minimum absolute atomic E-state index is 0.0566. The molecule has 0 saturated heterocycles. The molecule has 0 unspecified atom stereocenters. The van der Waals surface area contributed by atoms with Crippen molar-refractivity contribution in [2.24, 2.45) is 0 Å². The van der Waals surface area contributed by atoms with Crippen molar-refractivity contribution in [3.63, 3.8) is 0 Å². The lowest BCUT2D eigenvalue weighted by atomic mass is 10.1. The van der Waals surface area contributed by atoms with Crippen LogP contribution in [0.1, 0.15) is 31.4 Å². The summed E-state index contributed by atoms with van der Waals surface area (Å²) in [5.41, 5.74) is 1.59. The third kappa shape index (κ3) is 7.78. The quantitative estimate of drug-likeness (QED) is 0.357. The fourth-order valence-electron chi connectivity index (χ4n) is 3.13. The van der Waals surface area contributed by atoms with Crippen LogP contribution in [0.5, 0.6) is 23.0 Å². The van der Waals surface area contributed by atoms with Crippen LogP contribution in [-0.4, -0.2) is 56.3 Å². The number of benzene rings is 2. The number of nitrogens with zero attached hydrogens (tertiary/aromatic N) is 1. The maximum atomic E-state index is 12.2. The van der Waals surface area contributed by atoms with Gasteiger partial charge in [0.25, 0.3) is 0 Å². The Morgan fingerprint density at radius 1 is 0.906 bits per heavy atom. The molecule has 1 N–H and O–H groups in total. The number of rotatable bonds is 13. The van der Waals surface area contributed by atoms with Gasteiger partial charge in [-0.15, -0.1) is 0 Å². The summed E-state index contributed by atoms with van der Waals surface area (Å²) in [6.07, 6.45) is 7.31. The molecule has 0 fully saturated rings. The van der Waals surface area contributed by atoms with Crippen LogP contribution in [0.15, 0.2) is 48.6 Å². The van der Waals surface area contributed by atoms with E-state index in [1.54, 1.807) is 31.4 Å². The lowest BCUT2D eigenvalue weighted by molar-refractivity contribution is -0.110. The first-order valence-electron chi connectivity index (χ1n) is 10.8. The second-order valence-electron chi connectivity index (χ2n) is 7.14. The molecule has 0 spiro atoms. The second-order valence-corrected chi connectivity index (χ2v) is 7.14. The number of carbonyl (C=O) groups excluding carboxylic acids is 1. The summed E-state index contributed by atoms with van der Waals surface area (Å²) in [4.78, 5) is 14.6. The van der Waals surface area contributed by atoms with E-state index in [2.05, 4.69) is 18.7 Å². The Morgan fingerprint density at radius 3 is 2.09 bits per heavy atom. The molecule has 0 aromatic heterocycles. The predicted octanol–water partition coefficient (Wildman–Crippen LogP) is 4.82. The zero-order chi connectivity index (χ0) is 23.3. The molecule has 0 aliphatic heterocycles. The fraction of sp³-hybridized carbons (Fsp3) is 0.346. The van der Waals surface area contributed by atoms with Crippen LogP contribution in [0.2, 0.25) is 0 Å². The second kappa shape index (κ2) is 13.2. The van der Waals surface area contributed by atoms with Crippen LogP contribution in [0, 0.1) is 0 Å². The molecule has 172 valence electrons. The van der Waals surface area contributed by atoms with Crippen molar-refractivity contribution in [3.05, 3.63) is 59.7 Å². The minimum Gasteiger partial charge on any atom is -0.504 e. The SMILES string of the molecule is CCN(CC)CCCOc1ccc(/C=C/C(=O)/C=C/c2ccc(O)c(OC)c2)cc1OC. The topological polar surface area (TPSA) is 68.2 Å². The lowest BCUT2D eigenvalue weighted by Gasteiger charge is -2.18. The average Bonchev–Trinajstić information content (AvgIpc) is 2.82. The van der Waals surface area contributed by atoms with Crippen molar-refractivity contribution < 1.29 is 24.1 Å². The molecule has 0 aliphatic carbocycles. The van der Waals surface area contributed by atoms with Gasteiger partial charge in [-0.05, 0) is 67.1 Å². The molecular weight excluding hydrogens is 406 g/mol. The number of ketones is 1. The first-order valence-corrected chi connectivity index (χ1v) is 10.8. The van der Waals surface area contributed by atoms with Gasteiger partial charge in [-0.3, -0.25) is 4.79 Å². The van der Waals surface area contributed by atoms with E-state index in [-0.39, 0.29) is 11.5 Å². The number of hydrogen-bond donors (Lipinski definition) is 1. The molecular formula is C26H33NO5. The summed E-state index contributed by atoms with van der Waals surface area (Å²) in [6.45, 7) is 8.02. The number of phenolic OH excluding ortho intramolecular Hbond substituents is 1. The smallest absolute Gasteiger partial charge is 0.178 e. The summed E-state index contributed by atoms with van der Waals surface area (Å²) in [5, 5.41) is 9.64. The van der Waals surface area contributed by atoms with Crippen molar-refractivity contribution >= 4 is 17.9 Å². The number of ether oxygens (including phenoxy) is 3. The van der Waals surface area contributed by atoms with Gasteiger partial charge in [-0.25, -0.2) is 0 Å². The highest BCUT2D eigenvalue weighted by molar-refractivity contribution is 6.04. The Kier molecular flexibility index (Phi) is 10.3. The van der Waals surface area contributed by atoms with Crippen molar-refractivity contribution in [2.45, 2.75) is 20.3 Å². The number of phenols is 1. The van der Waals surface area contributed by atoms with Gasteiger partial charge in [0.05, 0.1) is 20.8 Å². The van der Waals surface area contributed by atoms with Gasteiger partial charge in [0.2, 0.25) is 0 Å². The molecule has 0 saturated carbocycles. The Bertz CT molecular complexity index is 932. The van der Waals surface area contributed by atoms with E-state index in [1.165, 1.54) is 25.3 Å². The summed E-state index contributed by atoms with van der Waals surface area (Å²) in [7, 11) is 3.08. The third-order valence-electron chi connectivity index (χ3n) is 5.04. The van der Waals surface area contributed by atoms with Crippen LogP contribution in [0.25, 0.3) is 12.2 Å². The van der Waals surface area contributed by atoms with Gasteiger partial charge in [0, 0.05) is 6.54 Å². The molecule has 2 aromatic rings. The van der Waals surface area contributed by atoms with E-state index in [0.717, 1.165) is 37.2 Å². The van der Waals surface area contributed by atoms with Gasteiger partial charge >= 0.3 is 0 Å². The predicted molar refractivity (Wildman–Crippen MR) is 129 cm³/mol. The van der Waals surface area contributed by atoms with Gasteiger partial charge < -0.3 is 24.2 Å².